The van der Waals surface area contributed by atoms with Crippen molar-refractivity contribution in [1.82, 2.24) is 5.32 Å². The van der Waals surface area contributed by atoms with E-state index in [1.165, 1.54) is 0 Å². The molecule has 0 saturated carbocycles. The first-order chi connectivity index (χ1) is 6.24. The van der Waals surface area contributed by atoms with Crippen LogP contribution < -0.4 is 5.32 Å². The van der Waals surface area contributed by atoms with E-state index < -0.39 is 5.97 Å². The van der Waals surface area contributed by atoms with E-state index in [-0.39, 0.29) is 0 Å². The maximum Gasteiger partial charge on any atom is 0.303 e. The highest BCUT2D eigenvalue weighted by Crippen LogP contribution is 2.26. The second-order valence-electron chi connectivity index (χ2n) is 4.03. The Balaban J connectivity index is 1.90. The number of morpholine rings is 1. The molecule has 2 heterocycles. The summed E-state index contributed by atoms with van der Waals surface area (Å²) in [4.78, 5) is 10.5. The molecule has 2 aliphatic heterocycles. The van der Waals surface area contributed by atoms with Crippen molar-refractivity contribution in [3.63, 3.8) is 0 Å². The summed E-state index contributed by atoms with van der Waals surface area (Å²) in [6.45, 7) is 1.49. The molecule has 4 heteroatoms. The third kappa shape index (κ3) is 2.19. The number of hydrogen-bond donors (Lipinski definition) is 2. The standard InChI is InChI=1S/C9H15NO3/c11-9(12)3-6-1-7-4-13-5-8(2-6)10-7/h6-8,10H,1-5H2,(H,11,12)/t7-,8-/m0/s1. The highest BCUT2D eigenvalue weighted by atomic mass is 16.5. The van der Waals surface area contributed by atoms with Crippen LogP contribution in [0.15, 0.2) is 0 Å². The van der Waals surface area contributed by atoms with Gasteiger partial charge >= 0.3 is 5.97 Å². The molecule has 0 aromatic heterocycles. The highest BCUT2D eigenvalue weighted by Gasteiger charge is 2.32. The van der Waals surface area contributed by atoms with Crippen LogP contribution in [0.2, 0.25) is 0 Å². The summed E-state index contributed by atoms with van der Waals surface area (Å²) < 4.78 is 5.38. The van der Waals surface area contributed by atoms with E-state index in [4.69, 9.17) is 9.84 Å². The van der Waals surface area contributed by atoms with Crippen LogP contribution >= 0.6 is 0 Å². The molecule has 0 radical (unpaired) electrons. The van der Waals surface area contributed by atoms with Gasteiger partial charge in [0.2, 0.25) is 0 Å². The number of carbonyl (C=O) groups is 1. The third-order valence-corrected chi connectivity index (χ3v) is 2.81. The molecular formula is C9H15NO3. The van der Waals surface area contributed by atoms with Crippen molar-refractivity contribution in [3.8, 4) is 0 Å². The van der Waals surface area contributed by atoms with E-state index in [1.807, 2.05) is 0 Å². The zero-order valence-corrected chi connectivity index (χ0v) is 7.53. The van der Waals surface area contributed by atoms with E-state index in [9.17, 15) is 4.79 Å². The number of piperidine rings is 1. The van der Waals surface area contributed by atoms with Crippen molar-refractivity contribution < 1.29 is 14.6 Å². The number of aliphatic carboxylic acids is 1. The molecule has 2 saturated heterocycles. The lowest BCUT2D eigenvalue weighted by molar-refractivity contribution is -0.138. The number of hydrogen-bond acceptors (Lipinski definition) is 3. The van der Waals surface area contributed by atoms with Gasteiger partial charge in [-0.05, 0) is 18.8 Å². The van der Waals surface area contributed by atoms with E-state index in [0.717, 1.165) is 26.1 Å². The second-order valence-corrected chi connectivity index (χ2v) is 4.03. The van der Waals surface area contributed by atoms with Crippen molar-refractivity contribution in [1.29, 1.82) is 0 Å². The van der Waals surface area contributed by atoms with Crippen LogP contribution in [0.4, 0.5) is 0 Å². The average Bonchev–Trinajstić information content (AvgIpc) is 2.01. The summed E-state index contributed by atoms with van der Waals surface area (Å²) >= 11 is 0. The van der Waals surface area contributed by atoms with Gasteiger partial charge in [-0.2, -0.15) is 0 Å². The Kier molecular flexibility index (Phi) is 2.51. The molecule has 2 atom stereocenters. The lowest BCUT2D eigenvalue weighted by Crippen LogP contribution is -2.54. The van der Waals surface area contributed by atoms with Gasteiger partial charge in [-0.3, -0.25) is 4.79 Å². The van der Waals surface area contributed by atoms with Gasteiger partial charge in [0.15, 0.2) is 0 Å². The molecule has 2 aliphatic rings. The predicted octanol–water partition coefficient (Wildman–Crippen LogP) is 0.228. The van der Waals surface area contributed by atoms with E-state index >= 15 is 0 Å². The highest BCUT2D eigenvalue weighted by molar-refractivity contribution is 5.67. The molecule has 13 heavy (non-hydrogen) atoms. The maximum absolute atomic E-state index is 10.5. The fourth-order valence-electron chi connectivity index (χ4n) is 2.37. The Morgan fingerprint density at radius 1 is 1.38 bits per heavy atom. The van der Waals surface area contributed by atoms with Gasteiger partial charge in [0, 0.05) is 18.5 Å². The monoisotopic (exact) mass is 185 g/mol. The van der Waals surface area contributed by atoms with E-state index in [1.54, 1.807) is 0 Å². The van der Waals surface area contributed by atoms with Gasteiger partial charge in [-0.1, -0.05) is 0 Å². The van der Waals surface area contributed by atoms with Crippen LogP contribution in [0.1, 0.15) is 19.3 Å². The van der Waals surface area contributed by atoms with Crippen molar-refractivity contribution in [2.45, 2.75) is 31.3 Å². The molecule has 0 aliphatic carbocycles. The van der Waals surface area contributed by atoms with Crippen LogP contribution in [0.5, 0.6) is 0 Å². The van der Waals surface area contributed by atoms with Gasteiger partial charge in [0.1, 0.15) is 0 Å². The topological polar surface area (TPSA) is 58.6 Å². The summed E-state index contributed by atoms with van der Waals surface area (Å²) in [7, 11) is 0. The van der Waals surface area contributed by atoms with Gasteiger partial charge in [0.25, 0.3) is 0 Å². The quantitative estimate of drug-likeness (QED) is 0.646. The lowest BCUT2D eigenvalue weighted by atomic mass is 9.85. The second kappa shape index (κ2) is 3.64. The lowest BCUT2D eigenvalue weighted by Gasteiger charge is -2.39. The van der Waals surface area contributed by atoms with Crippen LogP contribution in [-0.2, 0) is 9.53 Å². The normalized spacial score (nSPS) is 38.6. The molecule has 0 aromatic rings. The first-order valence-electron chi connectivity index (χ1n) is 4.79. The van der Waals surface area contributed by atoms with Crippen molar-refractivity contribution in [2.75, 3.05) is 13.2 Å². The molecule has 2 rings (SSSR count). The number of carboxylic acids is 1. The van der Waals surface area contributed by atoms with E-state index in [0.29, 0.717) is 24.4 Å². The zero-order chi connectivity index (χ0) is 9.26. The fraction of sp³-hybridized carbons (Fsp3) is 0.889. The number of ether oxygens (including phenoxy) is 1. The molecule has 0 unspecified atom stereocenters. The van der Waals surface area contributed by atoms with Crippen LogP contribution in [-0.4, -0.2) is 36.4 Å². The third-order valence-electron chi connectivity index (χ3n) is 2.81. The Hall–Kier alpha value is -0.610. The average molecular weight is 185 g/mol. The largest absolute Gasteiger partial charge is 0.481 e. The number of carboxylic acid groups (broad SMARTS) is 1. The summed E-state index contributed by atoms with van der Waals surface area (Å²) in [5, 5.41) is 12.1. The van der Waals surface area contributed by atoms with Crippen molar-refractivity contribution in [2.24, 2.45) is 5.92 Å². The van der Waals surface area contributed by atoms with Crippen molar-refractivity contribution >= 4 is 5.97 Å². The van der Waals surface area contributed by atoms with Crippen LogP contribution in [0.25, 0.3) is 0 Å². The Bertz CT molecular complexity index is 195. The first-order valence-corrected chi connectivity index (χ1v) is 4.79. The van der Waals surface area contributed by atoms with E-state index in [2.05, 4.69) is 5.32 Å². The predicted molar refractivity (Wildman–Crippen MR) is 46.5 cm³/mol. The Labute approximate surface area is 77.3 Å². The van der Waals surface area contributed by atoms with Gasteiger partial charge in [0.05, 0.1) is 13.2 Å². The molecule has 2 fully saturated rings. The minimum atomic E-state index is -0.675. The maximum atomic E-state index is 10.5. The van der Waals surface area contributed by atoms with Gasteiger partial charge in [-0.15, -0.1) is 0 Å². The van der Waals surface area contributed by atoms with Crippen LogP contribution in [0, 0.1) is 5.92 Å². The molecule has 2 bridgehead atoms. The number of fused-ring (bicyclic) bond motifs is 2. The molecule has 0 amide bonds. The molecule has 0 aromatic carbocycles. The Morgan fingerprint density at radius 3 is 2.54 bits per heavy atom. The molecular weight excluding hydrogens is 170 g/mol. The first kappa shape index (κ1) is 8.97. The molecule has 2 N–H and O–H groups in total. The SMILES string of the molecule is O=C(O)CC1C[C@H]2COC[C@H](C1)N2. The Morgan fingerprint density at radius 2 is 2.00 bits per heavy atom. The summed E-state index contributed by atoms with van der Waals surface area (Å²) in [5.74, 6) is -0.330. The van der Waals surface area contributed by atoms with Crippen LogP contribution in [0.3, 0.4) is 0 Å². The van der Waals surface area contributed by atoms with Gasteiger partial charge in [-0.25, -0.2) is 0 Å². The summed E-state index contributed by atoms with van der Waals surface area (Å²) in [6.07, 6.45) is 2.21. The molecule has 4 nitrogen and oxygen atoms in total. The minimum Gasteiger partial charge on any atom is -0.481 e. The zero-order valence-electron chi connectivity index (χ0n) is 7.53. The number of rotatable bonds is 2. The fourth-order valence-corrected chi connectivity index (χ4v) is 2.37. The van der Waals surface area contributed by atoms with Gasteiger partial charge < -0.3 is 15.2 Å². The smallest absolute Gasteiger partial charge is 0.303 e. The summed E-state index contributed by atoms with van der Waals surface area (Å²) in [6, 6.07) is 0.772. The number of nitrogens with one attached hydrogen (secondary N) is 1. The van der Waals surface area contributed by atoms with Crippen molar-refractivity contribution in [3.05, 3.63) is 0 Å². The minimum absolute atomic E-state index is 0.314. The molecule has 74 valence electrons. The summed E-state index contributed by atoms with van der Waals surface area (Å²) in [5.41, 5.74) is 0. The molecule has 0 spiro atoms.